The Bertz CT molecular complexity index is 259. The molecule has 0 aliphatic heterocycles. The Hall–Kier alpha value is -1.13. The zero-order valence-corrected chi connectivity index (χ0v) is 8.23. The fourth-order valence-electron chi connectivity index (χ4n) is 1.02. The van der Waals surface area contributed by atoms with Crippen LogP contribution in [0.3, 0.4) is 0 Å². The zero-order valence-electron chi connectivity index (χ0n) is 8.23. The lowest BCUT2D eigenvalue weighted by molar-refractivity contribution is 0.216. The van der Waals surface area contributed by atoms with E-state index in [4.69, 9.17) is 9.84 Å². The molecule has 0 saturated heterocycles. The normalized spacial score (nSPS) is 12.5. The molecule has 14 heavy (non-hydrogen) atoms. The van der Waals surface area contributed by atoms with E-state index in [-0.39, 0.29) is 0 Å². The van der Waals surface area contributed by atoms with Crippen LogP contribution in [0.1, 0.15) is 5.56 Å². The van der Waals surface area contributed by atoms with Crippen molar-refractivity contribution in [2.24, 2.45) is 0 Å². The first-order valence-corrected chi connectivity index (χ1v) is 4.43. The van der Waals surface area contributed by atoms with E-state index in [1.807, 2.05) is 6.07 Å². The summed E-state index contributed by atoms with van der Waals surface area (Å²) in [5, 5.41) is 11.9. The van der Waals surface area contributed by atoms with Gasteiger partial charge < -0.3 is 15.2 Å². The van der Waals surface area contributed by atoms with Crippen molar-refractivity contribution in [3.05, 3.63) is 30.8 Å². The summed E-state index contributed by atoms with van der Waals surface area (Å²) in [6.07, 6.45) is 1.17. The van der Waals surface area contributed by atoms with Gasteiger partial charge in [0.1, 0.15) is 0 Å². The summed E-state index contributed by atoms with van der Waals surface area (Å²) in [6, 6.07) is 3.73. The van der Waals surface area contributed by atoms with E-state index in [9.17, 15) is 0 Å². The van der Waals surface area contributed by atoms with Gasteiger partial charge in [-0.05, 0) is 12.5 Å². The summed E-state index contributed by atoms with van der Waals surface area (Å²) >= 11 is 0. The monoisotopic (exact) mass is 195 g/mol. The highest BCUT2D eigenvalue weighted by atomic mass is 16.5. The first-order valence-electron chi connectivity index (χ1n) is 4.43. The molecule has 1 aromatic rings. The number of nitrogens with zero attached hydrogens (tertiary/aromatic N) is 1. The molecule has 4 nitrogen and oxygen atoms in total. The Morgan fingerprint density at radius 3 is 2.93 bits per heavy atom. The van der Waals surface area contributed by atoms with Crippen LogP contribution in [-0.2, 0) is 6.54 Å². The third-order valence-corrected chi connectivity index (χ3v) is 1.72. The molecule has 1 rings (SSSR count). The van der Waals surface area contributed by atoms with Crippen molar-refractivity contribution >= 4 is 0 Å². The number of hydrogen-bond donors (Lipinski definition) is 2. The first-order chi connectivity index (χ1) is 6.72. The molecule has 0 fully saturated rings. The van der Waals surface area contributed by atoms with Crippen molar-refractivity contribution in [2.75, 3.05) is 13.7 Å². The molecule has 2 N–H and O–H groups in total. The summed E-state index contributed by atoms with van der Waals surface area (Å²) in [7, 11) is 1.58. The van der Waals surface area contributed by atoms with E-state index in [0.717, 1.165) is 5.56 Å². The zero-order chi connectivity index (χ0) is 10.4. The van der Waals surface area contributed by atoms with Gasteiger partial charge >= 0.3 is 0 Å². The number of methoxy groups -OCH3 is 1. The lowest BCUT2D eigenvalue weighted by Crippen LogP contribution is -2.24. The summed E-state index contributed by atoms with van der Waals surface area (Å²) in [4.78, 5) is 4.05. The second-order valence-corrected chi connectivity index (χ2v) is 2.99. The Morgan fingerprint density at radius 1 is 1.64 bits per heavy atom. The third-order valence-electron chi connectivity index (χ3n) is 1.72. The van der Waals surface area contributed by atoms with Crippen LogP contribution in [0.2, 0.25) is 0 Å². The molecule has 0 bridgehead atoms. The van der Waals surface area contributed by atoms with E-state index < -0.39 is 6.10 Å². The summed E-state index contributed by atoms with van der Waals surface area (Å²) in [6.45, 7) is 4.60. The second kappa shape index (κ2) is 5.57. The number of rotatable bonds is 5. The molecule has 1 aromatic heterocycles. The van der Waals surface area contributed by atoms with Crippen LogP contribution in [0.4, 0.5) is 0 Å². The van der Waals surface area contributed by atoms with Crippen LogP contribution in [-0.4, -0.2) is 29.8 Å². The van der Waals surface area contributed by atoms with E-state index in [1.54, 1.807) is 19.4 Å². The minimum absolute atomic E-state index is 0.478. The van der Waals surface area contributed by atoms with E-state index in [0.29, 0.717) is 19.0 Å². The van der Waals surface area contributed by atoms with Gasteiger partial charge in [0, 0.05) is 25.4 Å². The molecular weight excluding hydrogens is 180 g/mol. The fourth-order valence-corrected chi connectivity index (χ4v) is 1.02. The van der Waals surface area contributed by atoms with E-state index in [1.165, 1.54) is 0 Å². The molecule has 0 aliphatic carbocycles. The van der Waals surface area contributed by atoms with Crippen molar-refractivity contribution in [2.45, 2.75) is 12.6 Å². The number of aliphatic hydroxyl groups is 1. The number of nitrogens with one attached hydrogen (secondary N) is 1. The molecule has 77 valence electrons. The van der Waals surface area contributed by atoms with Crippen LogP contribution in [0.25, 0.3) is 0 Å². The van der Waals surface area contributed by atoms with Crippen LogP contribution < -0.4 is 10.1 Å². The SMILES string of the molecule is [CH2][C@H](O)CNCc1ccc(OC)nc1. The molecule has 0 unspecified atom stereocenters. The number of ether oxygens (including phenoxy) is 1. The third kappa shape index (κ3) is 3.72. The standard InChI is InChI=1S/C10H15N2O2/c1-8(13)5-11-6-9-3-4-10(14-2)12-7-9/h3-4,7-8,11,13H,1,5-6H2,2H3/t8-/m0/s1. The van der Waals surface area contributed by atoms with Crippen LogP contribution in [0, 0.1) is 6.92 Å². The van der Waals surface area contributed by atoms with Gasteiger partial charge in [0.25, 0.3) is 0 Å². The Morgan fingerprint density at radius 2 is 2.43 bits per heavy atom. The van der Waals surface area contributed by atoms with Gasteiger partial charge in [-0.3, -0.25) is 0 Å². The number of hydrogen-bond acceptors (Lipinski definition) is 4. The molecule has 4 heteroatoms. The predicted octanol–water partition coefficient (Wildman–Crippen LogP) is 0.375. The highest BCUT2D eigenvalue weighted by Crippen LogP contribution is 2.05. The fraction of sp³-hybridized carbons (Fsp3) is 0.400. The van der Waals surface area contributed by atoms with Crippen LogP contribution >= 0.6 is 0 Å². The van der Waals surface area contributed by atoms with Gasteiger partial charge in [0.05, 0.1) is 13.2 Å². The smallest absolute Gasteiger partial charge is 0.212 e. The lowest BCUT2D eigenvalue weighted by atomic mass is 10.3. The van der Waals surface area contributed by atoms with Crippen molar-refractivity contribution < 1.29 is 9.84 Å². The van der Waals surface area contributed by atoms with Crippen LogP contribution in [0.15, 0.2) is 18.3 Å². The van der Waals surface area contributed by atoms with Crippen molar-refractivity contribution in [1.82, 2.24) is 10.3 Å². The largest absolute Gasteiger partial charge is 0.481 e. The van der Waals surface area contributed by atoms with Gasteiger partial charge in [0.15, 0.2) is 0 Å². The van der Waals surface area contributed by atoms with Crippen molar-refractivity contribution in [3.63, 3.8) is 0 Å². The maximum atomic E-state index is 8.90. The summed E-state index contributed by atoms with van der Waals surface area (Å²) in [5.41, 5.74) is 1.05. The number of pyridine rings is 1. The predicted molar refractivity (Wildman–Crippen MR) is 53.9 cm³/mol. The second-order valence-electron chi connectivity index (χ2n) is 2.99. The highest BCUT2D eigenvalue weighted by molar-refractivity contribution is 5.17. The highest BCUT2D eigenvalue weighted by Gasteiger charge is 1.97. The van der Waals surface area contributed by atoms with E-state index >= 15 is 0 Å². The number of aromatic nitrogens is 1. The Labute approximate surface area is 83.9 Å². The molecule has 0 saturated carbocycles. The van der Waals surface area contributed by atoms with Gasteiger partial charge in [-0.1, -0.05) is 6.07 Å². The van der Waals surface area contributed by atoms with E-state index in [2.05, 4.69) is 17.2 Å². The maximum absolute atomic E-state index is 8.90. The average Bonchev–Trinajstić information content (AvgIpc) is 2.18. The minimum Gasteiger partial charge on any atom is -0.481 e. The Kier molecular flexibility index (Phi) is 4.35. The molecule has 0 amide bonds. The molecule has 1 radical (unpaired) electrons. The van der Waals surface area contributed by atoms with Gasteiger partial charge in [0.2, 0.25) is 5.88 Å². The first kappa shape index (κ1) is 10.9. The van der Waals surface area contributed by atoms with Crippen molar-refractivity contribution in [3.8, 4) is 5.88 Å². The molecule has 1 heterocycles. The topological polar surface area (TPSA) is 54.4 Å². The molecule has 0 aromatic carbocycles. The summed E-state index contributed by atoms with van der Waals surface area (Å²) in [5.74, 6) is 0.603. The van der Waals surface area contributed by atoms with Gasteiger partial charge in [-0.2, -0.15) is 0 Å². The maximum Gasteiger partial charge on any atom is 0.212 e. The Balaban J connectivity index is 2.36. The average molecular weight is 195 g/mol. The number of aliphatic hydroxyl groups excluding tert-OH is 1. The molecule has 0 spiro atoms. The van der Waals surface area contributed by atoms with Gasteiger partial charge in [-0.25, -0.2) is 4.98 Å². The summed E-state index contributed by atoms with van der Waals surface area (Å²) < 4.78 is 4.93. The molecule has 1 atom stereocenters. The van der Waals surface area contributed by atoms with Crippen molar-refractivity contribution in [1.29, 1.82) is 0 Å². The quantitative estimate of drug-likeness (QED) is 0.713. The van der Waals surface area contributed by atoms with Gasteiger partial charge in [-0.15, -0.1) is 0 Å². The minimum atomic E-state index is -0.568. The van der Waals surface area contributed by atoms with Crippen LogP contribution in [0.5, 0.6) is 5.88 Å². The molecule has 0 aliphatic rings. The lowest BCUT2D eigenvalue weighted by Gasteiger charge is -2.06. The molecular formula is C10H15N2O2.